The molecule has 26 heavy (non-hydrogen) atoms. The molecule has 2 N–H and O–H groups in total. The fourth-order valence-electron chi connectivity index (χ4n) is 1.57. The Morgan fingerprint density at radius 1 is 0.808 bits per heavy atom. The second-order valence-corrected chi connectivity index (χ2v) is 4.54. The number of alkyl halides is 3. The van der Waals surface area contributed by atoms with Crippen LogP contribution < -0.4 is 20.8 Å². The first kappa shape index (κ1) is 20.4. The normalized spacial score (nSPS) is 11.5. The van der Waals surface area contributed by atoms with Gasteiger partial charge in [0.15, 0.2) is 0 Å². The summed E-state index contributed by atoms with van der Waals surface area (Å²) in [6.07, 6.45) is -2.96. The van der Waals surface area contributed by atoms with Gasteiger partial charge < -0.3 is 30.4 Å². The molecule has 0 saturated carbocycles. The van der Waals surface area contributed by atoms with E-state index in [2.05, 4.69) is 5.32 Å². The van der Waals surface area contributed by atoms with Gasteiger partial charge in [0, 0.05) is 12.2 Å². The summed E-state index contributed by atoms with van der Waals surface area (Å²) in [6, 6.07) is 1.94. The van der Waals surface area contributed by atoms with Crippen LogP contribution in [0.3, 0.4) is 0 Å². The van der Waals surface area contributed by atoms with Gasteiger partial charge in [0.2, 0.25) is 11.8 Å². The zero-order valence-corrected chi connectivity index (χ0v) is 12.6. The van der Waals surface area contributed by atoms with Gasteiger partial charge in [0.25, 0.3) is 0 Å². The lowest BCUT2D eigenvalue weighted by Crippen LogP contribution is -2.21. The highest BCUT2D eigenvalue weighted by Gasteiger charge is 2.31. The van der Waals surface area contributed by atoms with Crippen molar-refractivity contribution in [2.45, 2.75) is 6.18 Å². The average Bonchev–Trinajstić information content (AvgIpc) is 2.51. The minimum absolute atomic E-state index is 0.291. The van der Waals surface area contributed by atoms with Crippen LogP contribution in [0.5, 0.6) is 0 Å². The highest BCUT2D eigenvalue weighted by atomic mass is 19.4. The van der Waals surface area contributed by atoms with Crippen molar-refractivity contribution in [3.05, 3.63) is 48.1 Å². The number of benzene rings is 1. The van der Waals surface area contributed by atoms with E-state index in [1.165, 1.54) is 0 Å². The molecule has 1 rings (SSSR count). The molecule has 0 unspecified atom stereocenters. The van der Waals surface area contributed by atoms with Gasteiger partial charge in [0.05, 0.1) is 28.9 Å². The molecule has 0 aliphatic rings. The van der Waals surface area contributed by atoms with Crippen molar-refractivity contribution in [2.24, 2.45) is 0 Å². The molecule has 0 atom stereocenters. The van der Waals surface area contributed by atoms with Gasteiger partial charge in [-0.15, -0.1) is 0 Å². The number of aliphatic carboxylic acids is 2. The standard InChI is InChI=1S/C15H11F3N2O6/c16-15(17,18)8-1-2-9(19-11(21)3-5-13(23)24)10(7-8)20-12(22)4-6-14(25)26/h1-7H,(H,19,21)(H,20,22)(H,23,24)(H,25,26)/p-2/b5-3+,6-4+. The maximum Gasteiger partial charge on any atom is 0.416 e. The van der Waals surface area contributed by atoms with Gasteiger partial charge in [-0.3, -0.25) is 9.59 Å². The van der Waals surface area contributed by atoms with Crippen molar-refractivity contribution in [1.82, 2.24) is 0 Å². The van der Waals surface area contributed by atoms with E-state index in [4.69, 9.17) is 0 Å². The summed E-state index contributed by atoms with van der Waals surface area (Å²) in [5.41, 5.74) is -1.94. The molecule has 0 fully saturated rings. The number of anilines is 2. The van der Waals surface area contributed by atoms with Crippen molar-refractivity contribution >= 4 is 35.1 Å². The Morgan fingerprint density at radius 2 is 1.27 bits per heavy atom. The molecule has 0 saturated heterocycles. The number of hydrogen-bond acceptors (Lipinski definition) is 6. The van der Waals surface area contributed by atoms with E-state index in [1.54, 1.807) is 0 Å². The monoisotopic (exact) mass is 370 g/mol. The summed E-state index contributed by atoms with van der Waals surface area (Å²) in [6.45, 7) is 0. The zero-order valence-electron chi connectivity index (χ0n) is 12.6. The fourth-order valence-corrected chi connectivity index (χ4v) is 1.57. The van der Waals surface area contributed by atoms with Gasteiger partial charge in [-0.25, -0.2) is 0 Å². The smallest absolute Gasteiger partial charge is 0.416 e. The summed E-state index contributed by atoms with van der Waals surface area (Å²) >= 11 is 0. The van der Waals surface area contributed by atoms with Crippen LogP contribution in [0.1, 0.15) is 5.56 Å². The van der Waals surface area contributed by atoms with E-state index in [0.717, 1.165) is 6.07 Å². The predicted molar refractivity (Wildman–Crippen MR) is 77.0 cm³/mol. The zero-order chi connectivity index (χ0) is 19.9. The van der Waals surface area contributed by atoms with E-state index in [-0.39, 0.29) is 5.69 Å². The van der Waals surface area contributed by atoms with Gasteiger partial charge in [-0.1, -0.05) is 0 Å². The molecule has 2 amide bonds. The molecule has 8 nitrogen and oxygen atoms in total. The van der Waals surface area contributed by atoms with Crippen LogP contribution in [0, 0.1) is 0 Å². The second-order valence-electron chi connectivity index (χ2n) is 4.54. The lowest BCUT2D eigenvalue weighted by molar-refractivity contribution is -0.298. The summed E-state index contributed by atoms with van der Waals surface area (Å²) in [5.74, 6) is -5.50. The van der Waals surface area contributed by atoms with Crippen LogP contribution in [0.2, 0.25) is 0 Å². The molecule has 0 aliphatic heterocycles. The van der Waals surface area contributed by atoms with E-state index in [1.807, 2.05) is 5.32 Å². The number of rotatable bonds is 6. The average molecular weight is 370 g/mol. The van der Waals surface area contributed by atoms with Gasteiger partial charge in [-0.2, -0.15) is 13.2 Å². The molecule has 0 bridgehead atoms. The maximum absolute atomic E-state index is 12.8. The summed E-state index contributed by atoms with van der Waals surface area (Å²) < 4.78 is 38.3. The molecule has 0 spiro atoms. The number of nitrogens with one attached hydrogen (secondary N) is 2. The number of amides is 2. The van der Waals surface area contributed by atoms with E-state index >= 15 is 0 Å². The first-order valence-electron chi connectivity index (χ1n) is 6.60. The van der Waals surface area contributed by atoms with Crippen molar-refractivity contribution in [1.29, 1.82) is 0 Å². The molecule has 138 valence electrons. The van der Waals surface area contributed by atoms with Gasteiger partial charge in [-0.05, 0) is 30.4 Å². The third-order valence-electron chi connectivity index (χ3n) is 2.60. The molecule has 11 heteroatoms. The minimum Gasteiger partial charge on any atom is -0.545 e. The Kier molecular flexibility index (Phi) is 6.64. The number of halogens is 3. The highest BCUT2D eigenvalue weighted by Crippen LogP contribution is 2.34. The Balaban J connectivity index is 3.15. The van der Waals surface area contributed by atoms with Crippen LogP contribution in [-0.2, 0) is 25.4 Å². The van der Waals surface area contributed by atoms with E-state index in [9.17, 15) is 42.6 Å². The fraction of sp³-hybridized carbons (Fsp3) is 0.0667. The van der Waals surface area contributed by atoms with Crippen molar-refractivity contribution in [2.75, 3.05) is 10.6 Å². The molecule has 0 aromatic heterocycles. The number of carbonyl (C=O) groups excluding carboxylic acids is 4. The first-order valence-corrected chi connectivity index (χ1v) is 6.60. The molecule has 1 aromatic rings. The highest BCUT2D eigenvalue weighted by molar-refractivity contribution is 6.07. The molecule has 0 heterocycles. The maximum atomic E-state index is 12.8. The number of carbonyl (C=O) groups is 4. The third kappa shape index (κ3) is 6.86. The topological polar surface area (TPSA) is 138 Å². The van der Waals surface area contributed by atoms with Crippen LogP contribution in [0.15, 0.2) is 42.5 Å². The Labute approximate surface area is 143 Å². The minimum atomic E-state index is -4.75. The van der Waals surface area contributed by atoms with E-state index in [0.29, 0.717) is 36.4 Å². The van der Waals surface area contributed by atoms with Gasteiger partial charge >= 0.3 is 6.18 Å². The molecule has 1 aromatic carbocycles. The van der Waals surface area contributed by atoms with Crippen molar-refractivity contribution in [3.63, 3.8) is 0 Å². The molecular formula is C15H9F3N2O6-2. The lowest BCUT2D eigenvalue weighted by Gasteiger charge is -2.14. The first-order chi connectivity index (χ1) is 12.0. The Bertz CT molecular complexity index is 799. The second kappa shape index (κ2) is 8.46. The quantitative estimate of drug-likeness (QED) is 0.629. The largest absolute Gasteiger partial charge is 0.545 e. The van der Waals surface area contributed by atoms with Gasteiger partial charge in [0.1, 0.15) is 0 Å². The van der Waals surface area contributed by atoms with Crippen molar-refractivity contribution in [3.8, 4) is 0 Å². The van der Waals surface area contributed by atoms with Crippen LogP contribution in [0.25, 0.3) is 0 Å². The number of hydrogen-bond donors (Lipinski definition) is 2. The SMILES string of the molecule is O=C([O-])/C=C/C(=O)Nc1ccc(C(F)(F)F)cc1NC(=O)/C=C/C(=O)[O-]. The van der Waals surface area contributed by atoms with E-state index < -0.39 is 41.2 Å². The summed E-state index contributed by atoms with van der Waals surface area (Å²) in [7, 11) is 0. The summed E-state index contributed by atoms with van der Waals surface area (Å²) in [4.78, 5) is 43.5. The molecule has 0 aliphatic carbocycles. The molecular weight excluding hydrogens is 361 g/mol. The van der Waals surface area contributed by atoms with Crippen LogP contribution in [0.4, 0.5) is 24.5 Å². The molecule has 0 radical (unpaired) electrons. The predicted octanol–water partition coefficient (Wildman–Crippen LogP) is -0.805. The van der Waals surface area contributed by atoms with Crippen LogP contribution in [-0.4, -0.2) is 23.8 Å². The number of carboxylic acids is 2. The lowest BCUT2D eigenvalue weighted by atomic mass is 10.1. The van der Waals surface area contributed by atoms with Crippen molar-refractivity contribution < 1.29 is 42.6 Å². The summed E-state index contributed by atoms with van der Waals surface area (Å²) in [5, 5.41) is 24.5. The Hall–Kier alpha value is -3.63. The van der Waals surface area contributed by atoms with Crippen LogP contribution >= 0.6 is 0 Å². The number of carboxylic acid groups (broad SMARTS) is 2. The Morgan fingerprint density at radius 3 is 1.69 bits per heavy atom. The third-order valence-corrected chi connectivity index (χ3v) is 2.60.